The van der Waals surface area contributed by atoms with Gasteiger partial charge in [-0.3, -0.25) is 15.0 Å². The fourth-order valence-corrected chi connectivity index (χ4v) is 6.51. The van der Waals surface area contributed by atoms with Crippen molar-refractivity contribution >= 4 is 45.0 Å². The van der Waals surface area contributed by atoms with Crippen LogP contribution in [0.25, 0.3) is 16.6 Å². The number of nitrogens with one attached hydrogen (secondary N) is 3. The highest BCUT2D eigenvalue weighted by molar-refractivity contribution is 7.17. The average molecular weight is 666 g/mol. The van der Waals surface area contributed by atoms with E-state index < -0.39 is 0 Å². The first-order valence-electron chi connectivity index (χ1n) is 16.4. The number of rotatable bonds is 12. The Hall–Kier alpha value is -4.71. The minimum Gasteiger partial charge on any atom is -0.445 e. The summed E-state index contributed by atoms with van der Waals surface area (Å²) in [5, 5.41) is 20.5. The van der Waals surface area contributed by atoms with E-state index in [-0.39, 0.29) is 18.0 Å². The number of likely N-dealkylation sites (tertiary alicyclic amines) is 1. The van der Waals surface area contributed by atoms with Crippen molar-refractivity contribution in [2.24, 2.45) is 0 Å². The summed E-state index contributed by atoms with van der Waals surface area (Å²) < 4.78 is 8.15. The third-order valence-corrected chi connectivity index (χ3v) is 9.24. The Bertz CT molecular complexity index is 1860. The van der Waals surface area contributed by atoms with Gasteiger partial charge in [0.05, 0.1) is 17.8 Å². The van der Waals surface area contributed by atoms with Crippen molar-refractivity contribution in [3.63, 3.8) is 0 Å². The predicted molar refractivity (Wildman–Crippen MR) is 191 cm³/mol. The molecule has 0 spiro atoms. The number of piperidine rings is 1. The molecule has 0 atom stereocenters. The molecule has 0 unspecified atom stereocenters. The van der Waals surface area contributed by atoms with Crippen LogP contribution in [0.1, 0.15) is 60.5 Å². The maximum absolute atomic E-state index is 13.1. The number of ether oxygens (including phenoxy) is 1. The number of benzene rings is 3. The van der Waals surface area contributed by atoms with Gasteiger partial charge in [0.15, 0.2) is 5.13 Å². The van der Waals surface area contributed by atoms with Gasteiger partial charge in [0.2, 0.25) is 5.06 Å². The topological polar surface area (TPSA) is 121 Å². The van der Waals surface area contributed by atoms with Gasteiger partial charge in [0.1, 0.15) is 5.75 Å². The number of para-hydroxylation sites is 1. The van der Waals surface area contributed by atoms with Gasteiger partial charge >= 0.3 is 6.03 Å². The van der Waals surface area contributed by atoms with Gasteiger partial charge in [-0.25, -0.2) is 9.78 Å². The Labute approximate surface area is 284 Å². The first-order valence-corrected chi connectivity index (χ1v) is 17.2. The number of urea groups is 1. The highest BCUT2D eigenvalue weighted by Gasteiger charge is 2.19. The van der Waals surface area contributed by atoms with E-state index in [1.54, 1.807) is 24.4 Å². The van der Waals surface area contributed by atoms with Crippen molar-refractivity contribution in [3.05, 3.63) is 103 Å². The van der Waals surface area contributed by atoms with Gasteiger partial charge in [0.25, 0.3) is 5.91 Å². The number of thiazole rings is 1. The number of aliphatic hydroxyl groups excluding tert-OH is 1. The zero-order valence-electron chi connectivity index (χ0n) is 27.1. The van der Waals surface area contributed by atoms with Crippen LogP contribution in [0.4, 0.5) is 15.6 Å². The average Bonchev–Trinajstić information content (AvgIpc) is 3.69. The molecule has 1 aliphatic rings. The van der Waals surface area contributed by atoms with Gasteiger partial charge in [-0.1, -0.05) is 49.3 Å². The van der Waals surface area contributed by atoms with E-state index in [4.69, 9.17) is 4.74 Å². The molecule has 249 valence electrons. The molecule has 3 aromatic carbocycles. The first-order chi connectivity index (χ1) is 23.4. The molecule has 1 fully saturated rings. The van der Waals surface area contributed by atoms with E-state index in [1.165, 1.54) is 22.3 Å². The van der Waals surface area contributed by atoms with Crippen molar-refractivity contribution in [1.82, 2.24) is 19.8 Å². The lowest BCUT2D eigenvalue weighted by molar-refractivity contribution is 0.0794. The molecule has 0 saturated carbocycles. The number of hydrogen-bond acceptors (Lipinski definition) is 7. The Balaban J connectivity index is 1.06. The van der Waals surface area contributed by atoms with Crippen LogP contribution in [0.3, 0.4) is 0 Å². The summed E-state index contributed by atoms with van der Waals surface area (Å²) >= 11 is 1.21. The minimum atomic E-state index is -0.269. The van der Waals surface area contributed by atoms with E-state index in [0.717, 1.165) is 62.9 Å². The molecular formula is C37H41N6O4S. The van der Waals surface area contributed by atoms with Gasteiger partial charge in [-0.15, -0.1) is 0 Å². The summed E-state index contributed by atoms with van der Waals surface area (Å²) in [5.41, 5.74) is 5.05. The fraction of sp³-hybridized carbons (Fsp3) is 0.297. The summed E-state index contributed by atoms with van der Waals surface area (Å²) in [6.07, 6.45) is 8.27. The molecule has 1 aliphatic heterocycles. The molecule has 11 heteroatoms. The second-order valence-electron chi connectivity index (χ2n) is 12.0. The molecule has 0 bridgehead atoms. The van der Waals surface area contributed by atoms with Crippen LogP contribution in [0.2, 0.25) is 0 Å². The van der Waals surface area contributed by atoms with E-state index >= 15 is 0 Å². The van der Waals surface area contributed by atoms with Crippen LogP contribution >= 0.6 is 11.3 Å². The quantitative estimate of drug-likeness (QED) is 0.102. The maximum atomic E-state index is 13.1. The molecule has 3 amide bonds. The van der Waals surface area contributed by atoms with Gasteiger partial charge in [-0.05, 0) is 85.8 Å². The third-order valence-electron chi connectivity index (χ3n) is 8.45. The molecule has 2 aromatic heterocycles. The number of aromatic nitrogens is 2. The number of nitrogens with zero attached hydrogens (tertiary/aromatic N) is 3. The van der Waals surface area contributed by atoms with Crippen LogP contribution in [-0.4, -0.2) is 57.2 Å². The normalized spacial score (nSPS) is 13.8. The van der Waals surface area contributed by atoms with E-state index in [0.29, 0.717) is 39.3 Å². The Morgan fingerprint density at radius 2 is 1.83 bits per heavy atom. The number of hydrogen-bond donors (Lipinski definition) is 4. The number of carbonyl (C=O) groups excluding carboxylic acids is 2. The zero-order valence-corrected chi connectivity index (χ0v) is 27.9. The molecule has 48 heavy (non-hydrogen) atoms. The number of unbranched alkanes of at least 4 members (excludes halogenated alkanes) is 2. The second-order valence-corrected chi connectivity index (χ2v) is 13.0. The summed E-state index contributed by atoms with van der Waals surface area (Å²) in [5.74, 6) is 0.255. The van der Waals surface area contributed by atoms with Crippen molar-refractivity contribution in [1.29, 1.82) is 0 Å². The Morgan fingerprint density at radius 3 is 2.60 bits per heavy atom. The lowest BCUT2D eigenvalue weighted by atomic mass is 10.1. The zero-order chi connectivity index (χ0) is 33.5. The number of fused-ring (bicyclic) bond motifs is 1. The van der Waals surface area contributed by atoms with Gasteiger partial charge < -0.3 is 25.0 Å². The van der Waals surface area contributed by atoms with Crippen molar-refractivity contribution < 1.29 is 19.4 Å². The summed E-state index contributed by atoms with van der Waals surface area (Å²) in [6.45, 7) is 9.41. The number of carbonyl (C=O) groups is 2. The molecule has 5 aromatic rings. The fourth-order valence-electron chi connectivity index (χ4n) is 5.83. The van der Waals surface area contributed by atoms with Gasteiger partial charge in [0, 0.05) is 54.7 Å². The molecule has 3 heterocycles. The van der Waals surface area contributed by atoms with Crippen LogP contribution < -0.4 is 20.7 Å². The largest absolute Gasteiger partial charge is 0.445 e. The molecule has 1 saturated heterocycles. The van der Waals surface area contributed by atoms with Crippen LogP contribution in [0.5, 0.6) is 10.8 Å². The molecule has 0 aliphatic carbocycles. The van der Waals surface area contributed by atoms with Crippen LogP contribution in [-0.2, 0) is 6.54 Å². The van der Waals surface area contributed by atoms with Crippen LogP contribution in [0.15, 0.2) is 79.1 Å². The summed E-state index contributed by atoms with van der Waals surface area (Å²) in [4.78, 5) is 31.9. The Kier molecular flexibility index (Phi) is 10.7. The van der Waals surface area contributed by atoms with E-state index in [1.807, 2.05) is 30.3 Å². The number of anilines is 2. The third kappa shape index (κ3) is 8.22. The monoisotopic (exact) mass is 665 g/mol. The maximum Gasteiger partial charge on any atom is 0.319 e. The lowest BCUT2D eigenvalue weighted by Crippen LogP contribution is -2.35. The lowest BCUT2D eigenvalue weighted by Gasteiger charge is -2.29. The SMILES string of the molecule is [CH2]c1cc(NC(=O)NCCCCC)ccc1Oc1cnc(NC(=O)c2ccc(-n3cc(CN4CCC(O)CC4)c4ccccc43)cc2)s1. The predicted octanol–water partition coefficient (Wildman–Crippen LogP) is 7.58. The smallest absolute Gasteiger partial charge is 0.319 e. The van der Waals surface area contributed by atoms with Crippen molar-refractivity contribution in [3.8, 4) is 16.5 Å². The second kappa shape index (κ2) is 15.5. The van der Waals surface area contributed by atoms with Crippen LogP contribution in [0, 0.1) is 6.92 Å². The Morgan fingerprint density at radius 1 is 1.04 bits per heavy atom. The van der Waals surface area contributed by atoms with E-state index in [2.05, 4.69) is 68.6 Å². The molecule has 10 nitrogen and oxygen atoms in total. The highest BCUT2D eigenvalue weighted by Crippen LogP contribution is 2.33. The summed E-state index contributed by atoms with van der Waals surface area (Å²) in [6, 6.07) is 20.9. The molecule has 6 rings (SSSR count). The molecule has 1 radical (unpaired) electrons. The molecule has 4 N–H and O–H groups in total. The molecular weight excluding hydrogens is 625 g/mol. The van der Waals surface area contributed by atoms with Gasteiger partial charge in [-0.2, -0.15) is 0 Å². The highest BCUT2D eigenvalue weighted by atomic mass is 32.1. The number of aliphatic hydroxyl groups is 1. The van der Waals surface area contributed by atoms with E-state index in [9.17, 15) is 14.7 Å². The first kappa shape index (κ1) is 33.2. The minimum absolute atomic E-state index is 0.195. The van der Waals surface area contributed by atoms with Crippen molar-refractivity contribution in [2.45, 2.75) is 51.7 Å². The summed E-state index contributed by atoms with van der Waals surface area (Å²) in [7, 11) is 0. The number of amides is 3. The van der Waals surface area contributed by atoms with Crippen molar-refractivity contribution in [2.75, 3.05) is 30.3 Å². The standard InChI is InChI=1S/C37H41N6O4S/c1-3-4-7-18-38-36(46)40-28-12-15-33(25(2)21-28)47-34-22-39-37(48-34)41-35(45)26-10-13-29(14-11-26)43-24-27(31-8-5-6-9-32(31)43)23-42-19-16-30(44)17-20-42/h5-6,8-15,21-22,24,30,44H,2-4,7,16-20,23H2,1H3,(H2,38,40,46)(H,39,41,45).